The average Bonchev–Trinajstić information content (AvgIpc) is 3.40. The first kappa shape index (κ1) is 25.1. The summed E-state index contributed by atoms with van der Waals surface area (Å²) < 4.78 is 48.5. The second-order valence-corrected chi connectivity index (χ2v) is 8.80. The van der Waals surface area contributed by atoms with Crippen LogP contribution in [-0.2, 0) is 18.4 Å². The minimum absolute atomic E-state index is 0.345. The van der Waals surface area contributed by atoms with Crippen LogP contribution < -0.4 is 15.7 Å². The highest BCUT2D eigenvalue weighted by Crippen LogP contribution is 2.30. The van der Waals surface area contributed by atoms with E-state index in [-0.39, 0.29) is 0 Å². The molecule has 0 aliphatic rings. The smallest absolute Gasteiger partial charge is 0.408 e. The standard InChI is InChI=1S/C26H23F3N6O3/c1-15(26(27,28)29)32-23(36)14-34-20-5-4-6-22(38-3)24(20)35(25(34)37)17-9-7-16(8-10-17)18-11-30-13-21-19(18)12-31-33(21)2/h4-13,15H,14H2,1-3H3,(H,32,36). The molecule has 1 N–H and O–H groups in total. The number of aryl methyl sites for hydroxylation is 1. The molecule has 12 heteroatoms. The van der Waals surface area contributed by atoms with E-state index in [9.17, 15) is 22.8 Å². The maximum Gasteiger partial charge on any atom is 0.408 e. The molecule has 0 saturated heterocycles. The molecule has 2 aromatic carbocycles. The van der Waals surface area contributed by atoms with E-state index in [4.69, 9.17) is 4.74 Å². The Hall–Kier alpha value is -4.61. The van der Waals surface area contributed by atoms with E-state index >= 15 is 0 Å². The van der Waals surface area contributed by atoms with Crippen LogP contribution in [0.5, 0.6) is 5.75 Å². The first-order valence-electron chi connectivity index (χ1n) is 11.6. The summed E-state index contributed by atoms with van der Waals surface area (Å²) in [5.74, 6) is -0.568. The summed E-state index contributed by atoms with van der Waals surface area (Å²) in [7, 11) is 3.28. The number of nitrogens with zero attached hydrogens (tertiary/aromatic N) is 5. The van der Waals surface area contributed by atoms with Crippen LogP contribution >= 0.6 is 0 Å². The molecule has 38 heavy (non-hydrogen) atoms. The van der Waals surface area contributed by atoms with Crippen molar-refractivity contribution in [1.29, 1.82) is 0 Å². The maximum atomic E-state index is 13.6. The van der Waals surface area contributed by atoms with Crippen LogP contribution in [0.1, 0.15) is 6.92 Å². The van der Waals surface area contributed by atoms with Gasteiger partial charge in [0.05, 0.1) is 36.2 Å². The molecule has 0 radical (unpaired) electrons. The van der Waals surface area contributed by atoms with Crippen LogP contribution in [0.3, 0.4) is 0 Å². The molecule has 0 spiro atoms. The summed E-state index contributed by atoms with van der Waals surface area (Å²) in [5, 5.41) is 7.11. The highest BCUT2D eigenvalue weighted by atomic mass is 19.4. The number of ether oxygens (including phenoxy) is 1. The Balaban J connectivity index is 1.58. The van der Waals surface area contributed by atoms with Gasteiger partial charge in [-0.25, -0.2) is 4.79 Å². The average molecular weight is 525 g/mol. The number of fused-ring (bicyclic) bond motifs is 2. The largest absolute Gasteiger partial charge is 0.494 e. The Morgan fingerprint density at radius 2 is 1.82 bits per heavy atom. The number of pyridine rings is 1. The van der Waals surface area contributed by atoms with Gasteiger partial charge in [-0.05, 0) is 36.8 Å². The summed E-state index contributed by atoms with van der Waals surface area (Å²) in [5.41, 5.74) is 3.21. The Bertz CT molecular complexity index is 1720. The lowest BCUT2D eigenvalue weighted by atomic mass is 10.0. The molecule has 0 bridgehead atoms. The van der Waals surface area contributed by atoms with E-state index in [1.165, 1.54) is 11.7 Å². The van der Waals surface area contributed by atoms with Gasteiger partial charge in [0.2, 0.25) is 5.91 Å². The van der Waals surface area contributed by atoms with Crippen molar-refractivity contribution in [3.05, 3.63) is 71.5 Å². The summed E-state index contributed by atoms with van der Waals surface area (Å²) in [6, 6.07) is 10.0. The molecular weight excluding hydrogens is 501 g/mol. The number of hydrogen-bond acceptors (Lipinski definition) is 5. The zero-order valence-electron chi connectivity index (χ0n) is 20.7. The Kier molecular flexibility index (Phi) is 6.17. The van der Waals surface area contributed by atoms with Crippen molar-refractivity contribution < 1.29 is 22.7 Å². The van der Waals surface area contributed by atoms with Crippen LogP contribution in [-0.4, -0.2) is 49.1 Å². The van der Waals surface area contributed by atoms with E-state index in [2.05, 4.69) is 10.1 Å². The summed E-state index contributed by atoms with van der Waals surface area (Å²) >= 11 is 0. The molecule has 196 valence electrons. The SMILES string of the molecule is COc1cccc2c1n(-c1ccc(-c3cncc4c3cnn4C)cc1)c(=O)n2CC(=O)NC(C)C(F)(F)F. The number of methoxy groups -OCH3 is 1. The molecular formula is C26H23F3N6O3. The fourth-order valence-electron chi connectivity index (χ4n) is 4.42. The van der Waals surface area contributed by atoms with Gasteiger partial charge in [-0.2, -0.15) is 18.3 Å². The first-order valence-corrected chi connectivity index (χ1v) is 11.6. The molecule has 9 nitrogen and oxygen atoms in total. The lowest BCUT2D eigenvalue weighted by Crippen LogP contribution is -2.45. The van der Waals surface area contributed by atoms with Crippen LogP contribution in [0, 0.1) is 0 Å². The quantitative estimate of drug-likeness (QED) is 0.365. The zero-order chi connectivity index (χ0) is 27.2. The first-order chi connectivity index (χ1) is 18.1. The van der Waals surface area contributed by atoms with Gasteiger partial charge < -0.3 is 10.1 Å². The Labute approximate surface area is 214 Å². The number of para-hydroxylation sites is 1. The Morgan fingerprint density at radius 3 is 2.50 bits per heavy atom. The molecule has 1 amide bonds. The number of imidazole rings is 1. The molecule has 0 aliphatic heterocycles. The van der Waals surface area contributed by atoms with Gasteiger partial charge in [0.25, 0.3) is 0 Å². The molecule has 0 saturated carbocycles. The zero-order valence-corrected chi connectivity index (χ0v) is 20.7. The van der Waals surface area contributed by atoms with Gasteiger partial charge >= 0.3 is 11.9 Å². The molecule has 0 fully saturated rings. The monoisotopic (exact) mass is 524 g/mol. The van der Waals surface area contributed by atoms with Crippen molar-refractivity contribution in [1.82, 2.24) is 29.2 Å². The number of carbonyl (C=O) groups is 1. The summed E-state index contributed by atoms with van der Waals surface area (Å²) in [6.07, 6.45) is 0.621. The van der Waals surface area contributed by atoms with Gasteiger partial charge in [-0.15, -0.1) is 0 Å². The van der Waals surface area contributed by atoms with E-state index in [0.717, 1.165) is 33.5 Å². The number of aromatic nitrogens is 5. The van der Waals surface area contributed by atoms with Crippen molar-refractivity contribution in [3.8, 4) is 22.6 Å². The van der Waals surface area contributed by atoms with Crippen molar-refractivity contribution >= 4 is 27.8 Å². The van der Waals surface area contributed by atoms with E-state index in [1.807, 2.05) is 24.5 Å². The number of alkyl halides is 3. The highest BCUT2D eigenvalue weighted by Gasteiger charge is 2.37. The topological polar surface area (TPSA) is 96.0 Å². The third kappa shape index (κ3) is 4.27. The van der Waals surface area contributed by atoms with Crippen LogP contribution in [0.4, 0.5) is 13.2 Å². The van der Waals surface area contributed by atoms with Crippen LogP contribution in [0.2, 0.25) is 0 Å². The summed E-state index contributed by atoms with van der Waals surface area (Å²) in [4.78, 5) is 30.3. The van der Waals surface area contributed by atoms with Crippen LogP contribution in [0.25, 0.3) is 38.8 Å². The maximum absolute atomic E-state index is 13.6. The van der Waals surface area contributed by atoms with Gasteiger partial charge in [0.15, 0.2) is 0 Å². The number of halogens is 3. The number of amides is 1. The van der Waals surface area contributed by atoms with Gasteiger partial charge in [-0.3, -0.25) is 23.6 Å². The molecule has 3 aromatic heterocycles. The third-order valence-electron chi connectivity index (χ3n) is 6.42. The number of benzene rings is 2. The lowest BCUT2D eigenvalue weighted by molar-refractivity contribution is -0.158. The van der Waals surface area contributed by atoms with Crippen molar-refractivity contribution in [3.63, 3.8) is 0 Å². The number of nitrogens with one attached hydrogen (secondary N) is 1. The van der Waals surface area contributed by atoms with Crippen molar-refractivity contribution in [2.24, 2.45) is 7.05 Å². The van der Waals surface area contributed by atoms with Crippen molar-refractivity contribution in [2.45, 2.75) is 25.7 Å². The second-order valence-electron chi connectivity index (χ2n) is 8.80. The molecule has 5 rings (SSSR count). The number of hydrogen-bond donors (Lipinski definition) is 1. The van der Waals surface area contributed by atoms with E-state index in [0.29, 0.717) is 22.5 Å². The fourth-order valence-corrected chi connectivity index (χ4v) is 4.42. The predicted octanol–water partition coefficient (Wildman–Crippen LogP) is 3.82. The second kappa shape index (κ2) is 9.36. The van der Waals surface area contributed by atoms with Crippen molar-refractivity contribution in [2.75, 3.05) is 7.11 Å². The minimum Gasteiger partial charge on any atom is -0.494 e. The van der Waals surface area contributed by atoms with E-state index in [1.54, 1.807) is 53.6 Å². The lowest BCUT2D eigenvalue weighted by Gasteiger charge is -2.17. The molecule has 3 heterocycles. The summed E-state index contributed by atoms with van der Waals surface area (Å²) in [6.45, 7) is 0.249. The van der Waals surface area contributed by atoms with Gasteiger partial charge in [-0.1, -0.05) is 18.2 Å². The van der Waals surface area contributed by atoms with Gasteiger partial charge in [0, 0.05) is 24.2 Å². The van der Waals surface area contributed by atoms with Gasteiger partial charge in [0.1, 0.15) is 23.9 Å². The molecule has 1 atom stereocenters. The molecule has 0 aliphatic carbocycles. The van der Waals surface area contributed by atoms with E-state index < -0.39 is 30.4 Å². The Morgan fingerprint density at radius 1 is 1.08 bits per heavy atom. The number of carbonyl (C=O) groups excluding carboxylic acids is 1. The molecule has 1 unspecified atom stereocenters. The normalized spacial score (nSPS) is 12.7. The fraction of sp³-hybridized carbons (Fsp3) is 0.231. The predicted molar refractivity (Wildman–Crippen MR) is 135 cm³/mol. The highest BCUT2D eigenvalue weighted by molar-refractivity contribution is 5.94. The van der Waals surface area contributed by atoms with Crippen LogP contribution in [0.15, 0.2) is 65.8 Å². The number of rotatable bonds is 6. The third-order valence-corrected chi connectivity index (χ3v) is 6.42. The minimum atomic E-state index is -4.60. The molecule has 5 aromatic rings.